The molecule has 3 rings (SSSR count). The molecule has 2 heterocycles. The lowest BCUT2D eigenvalue weighted by molar-refractivity contribution is 0.827. The van der Waals surface area contributed by atoms with Crippen molar-refractivity contribution in [3.05, 3.63) is 68.9 Å². The number of benzene rings is 1. The predicted octanol–water partition coefficient (Wildman–Crippen LogP) is 4.51. The summed E-state index contributed by atoms with van der Waals surface area (Å²) in [7, 11) is 0. The van der Waals surface area contributed by atoms with Crippen molar-refractivity contribution < 1.29 is 0 Å². The fraction of sp³-hybridized carbons (Fsp3) is 0.118. The van der Waals surface area contributed by atoms with Crippen molar-refractivity contribution in [2.75, 3.05) is 5.75 Å². The third-order valence-corrected chi connectivity index (χ3v) is 5.50. The lowest BCUT2D eigenvalue weighted by atomic mass is 10.2. The Bertz CT molecular complexity index is 999. The SMILES string of the molecule is C=CCn1c(=S)sc2c(=O)[nH]c(SC/C=C/c3ccccc3)nc21. The minimum absolute atomic E-state index is 0.145. The zero-order chi connectivity index (χ0) is 16.9. The summed E-state index contributed by atoms with van der Waals surface area (Å²) < 4.78 is 3.03. The van der Waals surface area contributed by atoms with Gasteiger partial charge in [-0.05, 0) is 17.8 Å². The highest BCUT2D eigenvalue weighted by Gasteiger charge is 2.11. The molecule has 7 heteroatoms. The molecule has 0 saturated heterocycles. The van der Waals surface area contributed by atoms with Crippen molar-refractivity contribution in [1.82, 2.24) is 14.5 Å². The molecule has 0 saturated carbocycles. The molecule has 0 radical (unpaired) electrons. The second-order valence-electron chi connectivity index (χ2n) is 4.92. The van der Waals surface area contributed by atoms with Gasteiger partial charge < -0.3 is 9.55 Å². The number of fused-ring (bicyclic) bond motifs is 1. The number of nitrogens with zero attached hydrogens (tertiary/aromatic N) is 2. The van der Waals surface area contributed by atoms with Crippen LogP contribution in [0.5, 0.6) is 0 Å². The average molecular weight is 374 g/mol. The van der Waals surface area contributed by atoms with Crippen LogP contribution in [0.25, 0.3) is 16.4 Å². The molecule has 0 spiro atoms. The van der Waals surface area contributed by atoms with E-state index in [1.165, 1.54) is 23.1 Å². The Morgan fingerprint density at radius 3 is 2.92 bits per heavy atom. The zero-order valence-electron chi connectivity index (χ0n) is 12.8. The lowest BCUT2D eigenvalue weighted by Gasteiger charge is -2.01. The van der Waals surface area contributed by atoms with Gasteiger partial charge in [0.1, 0.15) is 4.70 Å². The van der Waals surface area contributed by atoms with Crippen LogP contribution < -0.4 is 5.56 Å². The van der Waals surface area contributed by atoms with Gasteiger partial charge in [0.2, 0.25) is 0 Å². The highest BCUT2D eigenvalue weighted by atomic mass is 32.2. The molecule has 0 aliphatic rings. The Hall–Kier alpha value is -1.96. The van der Waals surface area contributed by atoms with Crippen LogP contribution in [0.3, 0.4) is 0 Å². The number of nitrogens with one attached hydrogen (secondary N) is 1. The first-order chi connectivity index (χ1) is 11.7. The monoisotopic (exact) mass is 373 g/mol. The van der Waals surface area contributed by atoms with Crippen LogP contribution in [-0.2, 0) is 6.54 Å². The summed E-state index contributed by atoms with van der Waals surface area (Å²) in [6, 6.07) is 10.1. The minimum Gasteiger partial charge on any atom is -0.304 e. The normalized spacial score (nSPS) is 11.3. The fourth-order valence-corrected chi connectivity index (χ4v) is 4.08. The van der Waals surface area contributed by atoms with Gasteiger partial charge in [-0.2, -0.15) is 0 Å². The van der Waals surface area contributed by atoms with Gasteiger partial charge in [-0.3, -0.25) is 4.79 Å². The second-order valence-corrected chi connectivity index (χ2v) is 7.57. The van der Waals surface area contributed by atoms with Crippen LogP contribution in [0, 0.1) is 3.95 Å². The summed E-state index contributed by atoms with van der Waals surface area (Å²) in [6.07, 6.45) is 5.85. The molecule has 24 heavy (non-hydrogen) atoms. The number of aromatic amines is 1. The van der Waals surface area contributed by atoms with Crippen molar-refractivity contribution in [2.24, 2.45) is 0 Å². The van der Waals surface area contributed by atoms with Crippen molar-refractivity contribution in [3.63, 3.8) is 0 Å². The Labute approximate surface area is 152 Å². The van der Waals surface area contributed by atoms with Crippen LogP contribution in [0.15, 0.2) is 59.0 Å². The smallest absolute Gasteiger partial charge is 0.271 e. The number of aromatic nitrogens is 3. The van der Waals surface area contributed by atoms with Crippen LogP contribution in [0.2, 0.25) is 0 Å². The largest absolute Gasteiger partial charge is 0.304 e. The lowest BCUT2D eigenvalue weighted by Crippen LogP contribution is -2.09. The maximum Gasteiger partial charge on any atom is 0.271 e. The first-order valence-corrected chi connectivity index (χ1v) is 9.49. The summed E-state index contributed by atoms with van der Waals surface area (Å²) in [5, 5.41) is 0.593. The van der Waals surface area contributed by atoms with Gasteiger partial charge in [0.15, 0.2) is 14.8 Å². The Balaban J connectivity index is 1.81. The predicted molar refractivity (Wildman–Crippen MR) is 105 cm³/mol. The van der Waals surface area contributed by atoms with E-state index in [-0.39, 0.29) is 5.56 Å². The van der Waals surface area contributed by atoms with E-state index in [4.69, 9.17) is 12.2 Å². The van der Waals surface area contributed by atoms with E-state index in [0.717, 1.165) is 11.3 Å². The first kappa shape index (κ1) is 16.9. The Morgan fingerprint density at radius 1 is 1.38 bits per heavy atom. The molecule has 4 nitrogen and oxygen atoms in total. The molecule has 0 aliphatic carbocycles. The van der Waals surface area contributed by atoms with Gasteiger partial charge in [-0.1, -0.05) is 71.7 Å². The molecule has 1 N–H and O–H groups in total. The third-order valence-electron chi connectivity index (χ3n) is 3.24. The summed E-state index contributed by atoms with van der Waals surface area (Å²) >= 11 is 8.07. The Kier molecular flexibility index (Phi) is 5.44. The summed E-state index contributed by atoms with van der Waals surface area (Å²) in [4.78, 5) is 19.6. The molecule has 122 valence electrons. The number of hydrogen-bond acceptors (Lipinski definition) is 5. The zero-order valence-corrected chi connectivity index (χ0v) is 15.2. The molecule has 2 aromatic heterocycles. The van der Waals surface area contributed by atoms with Crippen LogP contribution in [0.4, 0.5) is 0 Å². The summed E-state index contributed by atoms with van der Waals surface area (Å²) in [5.74, 6) is 0.718. The molecule has 0 bridgehead atoms. The van der Waals surface area contributed by atoms with Crippen LogP contribution >= 0.6 is 35.3 Å². The number of thioether (sulfide) groups is 1. The third kappa shape index (κ3) is 3.75. The average Bonchev–Trinajstić information content (AvgIpc) is 2.90. The molecule has 0 fully saturated rings. The van der Waals surface area contributed by atoms with Crippen molar-refractivity contribution >= 4 is 51.7 Å². The maximum absolute atomic E-state index is 12.2. The molecule has 1 aromatic carbocycles. The first-order valence-electron chi connectivity index (χ1n) is 7.28. The second kappa shape index (κ2) is 7.74. The number of hydrogen-bond donors (Lipinski definition) is 1. The number of H-pyrrole nitrogens is 1. The summed E-state index contributed by atoms with van der Waals surface area (Å²) in [6.45, 7) is 4.28. The van der Waals surface area contributed by atoms with Crippen LogP contribution in [0.1, 0.15) is 5.56 Å². The molecule has 0 atom stereocenters. The number of rotatable bonds is 6. The van der Waals surface area contributed by atoms with Crippen LogP contribution in [-0.4, -0.2) is 20.3 Å². The van der Waals surface area contributed by atoms with Gasteiger partial charge >= 0.3 is 0 Å². The van der Waals surface area contributed by atoms with Gasteiger partial charge in [0.05, 0.1) is 0 Å². The number of thiazole rings is 1. The molecule has 0 aliphatic heterocycles. The minimum atomic E-state index is -0.145. The van der Waals surface area contributed by atoms with E-state index in [2.05, 4.69) is 16.5 Å². The van der Waals surface area contributed by atoms with Gasteiger partial charge in [-0.25, -0.2) is 4.98 Å². The molecular formula is C17H15N3OS3. The van der Waals surface area contributed by atoms with E-state index in [9.17, 15) is 4.79 Å². The fourth-order valence-electron chi connectivity index (χ4n) is 2.17. The number of allylic oxidation sites excluding steroid dienone is 1. The quantitative estimate of drug-likeness (QED) is 0.299. The maximum atomic E-state index is 12.2. The van der Waals surface area contributed by atoms with E-state index in [1.54, 1.807) is 6.08 Å². The molecular weight excluding hydrogens is 358 g/mol. The highest BCUT2D eigenvalue weighted by molar-refractivity contribution is 7.99. The topological polar surface area (TPSA) is 50.7 Å². The standard InChI is InChI=1S/C17H15N3OS3/c1-2-10-20-14-13(24-17(20)22)15(21)19-16(18-14)23-11-6-9-12-7-4-3-5-8-12/h2-9H,1,10-11H2,(H,18,19,21)/b9-6+. The van der Waals surface area contributed by atoms with E-state index in [1.807, 2.05) is 47.1 Å². The van der Waals surface area contributed by atoms with Gasteiger partial charge in [-0.15, -0.1) is 6.58 Å². The molecule has 3 aromatic rings. The van der Waals surface area contributed by atoms with Crippen molar-refractivity contribution in [1.29, 1.82) is 0 Å². The van der Waals surface area contributed by atoms with E-state index >= 15 is 0 Å². The van der Waals surface area contributed by atoms with Gasteiger partial charge in [0, 0.05) is 12.3 Å². The van der Waals surface area contributed by atoms with E-state index < -0.39 is 0 Å². The Morgan fingerprint density at radius 2 is 2.17 bits per heavy atom. The van der Waals surface area contributed by atoms with E-state index in [0.29, 0.717) is 26.0 Å². The highest BCUT2D eigenvalue weighted by Crippen LogP contribution is 2.21. The van der Waals surface area contributed by atoms with Crippen molar-refractivity contribution in [2.45, 2.75) is 11.7 Å². The molecule has 0 unspecified atom stereocenters. The molecule has 0 amide bonds. The van der Waals surface area contributed by atoms with Crippen molar-refractivity contribution in [3.8, 4) is 0 Å². The summed E-state index contributed by atoms with van der Waals surface area (Å²) in [5.41, 5.74) is 1.63. The van der Waals surface area contributed by atoms with Gasteiger partial charge in [0.25, 0.3) is 5.56 Å².